The highest BCUT2D eigenvalue weighted by Gasteiger charge is 2.12. The van der Waals surface area contributed by atoms with Crippen molar-refractivity contribution in [3.63, 3.8) is 0 Å². The number of methoxy groups -OCH3 is 1. The number of rotatable bonds is 7. The van der Waals surface area contributed by atoms with Gasteiger partial charge >= 0.3 is 5.97 Å². The van der Waals surface area contributed by atoms with Crippen LogP contribution in [-0.2, 0) is 19.6 Å². The minimum atomic E-state index is -3.60. The lowest BCUT2D eigenvalue weighted by Gasteiger charge is -2.06. The summed E-state index contributed by atoms with van der Waals surface area (Å²) in [7, 11) is -2.13. The maximum absolute atomic E-state index is 11.9. The average Bonchev–Trinajstić information content (AvgIpc) is 2.37. The fourth-order valence-corrected chi connectivity index (χ4v) is 2.38. The first-order chi connectivity index (χ1) is 8.95. The van der Waals surface area contributed by atoms with Gasteiger partial charge in [-0.15, -0.1) is 0 Å². The van der Waals surface area contributed by atoms with Crippen molar-refractivity contribution in [1.29, 1.82) is 0 Å². The zero-order chi connectivity index (χ0) is 14.3. The van der Waals surface area contributed by atoms with E-state index in [0.717, 1.165) is 6.08 Å². The van der Waals surface area contributed by atoms with Gasteiger partial charge in [0.1, 0.15) is 0 Å². The van der Waals surface area contributed by atoms with E-state index in [2.05, 4.69) is 4.72 Å². The predicted octanol–water partition coefficient (Wildman–Crippen LogP) is 0.709. The Labute approximate surface area is 111 Å². The third kappa shape index (κ3) is 5.21. The molecular formula is C12H15NO5S. The zero-order valence-electron chi connectivity index (χ0n) is 10.4. The molecule has 0 aliphatic heterocycles. The molecule has 6 nitrogen and oxygen atoms in total. The molecule has 0 radical (unpaired) electrons. The van der Waals surface area contributed by atoms with Gasteiger partial charge in [-0.2, -0.15) is 0 Å². The maximum atomic E-state index is 11.9. The number of benzene rings is 1. The number of ether oxygens (including phenoxy) is 1. The molecule has 0 aliphatic carbocycles. The standard InChI is InChI=1S/C12H15NO5S/c1-18-8-7-13-19(16,17)11-4-2-3-10(9-11)5-6-12(14)15/h2-6,9,13H,7-8H2,1H3,(H,14,15). The van der Waals surface area contributed by atoms with Gasteiger partial charge in [0.05, 0.1) is 11.5 Å². The Balaban J connectivity index is 2.89. The fraction of sp³-hybridized carbons (Fsp3) is 0.250. The van der Waals surface area contributed by atoms with Crippen LogP contribution in [0.1, 0.15) is 5.56 Å². The summed E-state index contributed by atoms with van der Waals surface area (Å²) in [6.07, 6.45) is 2.28. The predicted molar refractivity (Wildman–Crippen MR) is 70.2 cm³/mol. The number of hydrogen-bond acceptors (Lipinski definition) is 4. The van der Waals surface area contributed by atoms with Crippen molar-refractivity contribution in [2.75, 3.05) is 20.3 Å². The van der Waals surface area contributed by atoms with Crippen LogP contribution < -0.4 is 4.72 Å². The minimum Gasteiger partial charge on any atom is -0.478 e. The highest BCUT2D eigenvalue weighted by molar-refractivity contribution is 7.89. The van der Waals surface area contributed by atoms with Crippen molar-refractivity contribution in [3.8, 4) is 0 Å². The number of nitrogens with one attached hydrogen (secondary N) is 1. The second-order valence-electron chi connectivity index (χ2n) is 3.63. The van der Waals surface area contributed by atoms with E-state index >= 15 is 0 Å². The van der Waals surface area contributed by atoms with Crippen molar-refractivity contribution < 1.29 is 23.1 Å². The van der Waals surface area contributed by atoms with Crippen molar-refractivity contribution >= 4 is 22.1 Å². The third-order valence-corrected chi connectivity index (χ3v) is 3.64. The van der Waals surface area contributed by atoms with E-state index in [9.17, 15) is 13.2 Å². The van der Waals surface area contributed by atoms with Crippen LogP contribution in [0, 0.1) is 0 Å². The first-order valence-corrected chi connectivity index (χ1v) is 6.94. The molecule has 1 rings (SSSR count). The quantitative estimate of drug-likeness (QED) is 0.568. The molecule has 2 N–H and O–H groups in total. The Kier molecular flexibility index (Phi) is 5.68. The van der Waals surface area contributed by atoms with Gasteiger partial charge in [-0.3, -0.25) is 0 Å². The number of aliphatic carboxylic acids is 1. The van der Waals surface area contributed by atoms with Crippen LogP contribution in [0.25, 0.3) is 6.08 Å². The first kappa shape index (κ1) is 15.4. The number of hydrogen-bond donors (Lipinski definition) is 2. The normalized spacial score (nSPS) is 11.8. The SMILES string of the molecule is COCCNS(=O)(=O)c1cccc(C=CC(=O)O)c1. The van der Waals surface area contributed by atoms with Crippen LogP contribution >= 0.6 is 0 Å². The van der Waals surface area contributed by atoms with Crippen molar-refractivity contribution in [3.05, 3.63) is 35.9 Å². The van der Waals surface area contributed by atoms with Gasteiger partial charge in [0, 0.05) is 19.7 Å². The molecule has 0 amide bonds. The van der Waals surface area contributed by atoms with Crippen molar-refractivity contribution in [2.45, 2.75) is 4.90 Å². The summed E-state index contributed by atoms with van der Waals surface area (Å²) in [5, 5.41) is 8.52. The largest absolute Gasteiger partial charge is 0.478 e. The molecule has 0 bridgehead atoms. The summed E-state index contributed by atoms with van der Waals surface area (Å²) in [5.74, 6) is -1.09. The van der Waals surface area contributed by atoms with Crippen molar-refractivity contribution in [1.82, 2.24) is 4.72 Å². The molecule has 0 aliphatic rings. The highest BCUT2D eigenvalue weighted by atomic mass is 32.2. The van der Waals surface area contributed by atoms with Crippen LogP contribution in [0.3, 0.4) is 0 Å². The van der Waals surface area contributed by atoms with E-state index in [-0.39, 0.29) is 18.0 Å². The summed E-state index contributed by atoms with van der Waals surface area (Å²) in [6.45, 7) is 0.450. The molecule has 0 aromatic heterocycles. The van der Waals surface area contributed by atoms with Gasteiger partial charge in [0.15, 0.2) is 0 Å². The lowest BCUT2D eigenvalue weighted by atomic mass is 10.2. The molecule has 1 aromatic carbocycles. The van der Waals surface area contributed by atoms with Gasteiger partial charge in [-0.05, 0) is 23.8 Å². The lowest BCUT2D eigenvalue weighted by molar-refractivity contribution is -0.131. The summed E-state index contributed by atoms with van der Waals surface area (Å²) < 4.78 is 30.9. The summed E-state index contributed by atoms with van der Waals surface area (Å²) in [6, 6.07) is 6.00. The molecule has 0 spiro atoms. The maximum Gasteiger partial charge on any atom is 0.328 e. The van der Waals surface area contributed by atoms with Crippen molar-refractivity contribution in [2.24, 2.45) is 0 Å². The molecule has 19 heavy (non-hydrogen) atoms. The number of carboxylic acids is 1. The first-order valence-electron chi connectivity index (χ1n) is 5.45. The van der Waals surface area contributed by atoms with Gasteiger partial charge in [-0.25, -0.2) is 17.9 Å². The zero-order valence-corrected chi connectivity index (χ0v) is 11.2. The smallest absolute Gasteiger partial charge is 0.328 e. The number of carboxylic acid groups (broad SMARTS) is 1. The van der Waals surface area contributed by atoms with Gasteiger partial charge in [0.25, 0.3) is 0 Å². The molecule has 0 saturated heterocycles. The molecule has 0 saturated carbocycles. The van der Waals surface area contributed by atoms with Gasteiger partial charge in [-0.1, -0.05) is 12.1 Å². The molecule has 1 aromatic rings. The molecule has 0 unspecified atom stereocenters. The second kappa shape index (κ2) is 7.03. The van der Waals surface area contributed by atoms with Crippen LogP contribution in [0.5, 0.6) is 0 Å². The summed E-state index contributed by atoms with van der Waals surface area (Å²) in [4.78, 5) is 10.5. The Bertz CT molecular complexity index is 565. The highest BCUT2D eigenvalue weighted by Crippen LogP contribution is 2.12. The molecule has 7 heteroatoms. The van der Waals surface area contributed by atoms with Crippen LogP contribution in [0.4, 0.5) is 0 Å². The summed E-state index contributed by atoms with van der Waals surface area (Å²) in [5.41, 5.74) is 0.497. The second-order valence-corrected chi connectivity index (χ2v) is 5.40. The minimum absolute atomic E-state index is 0.0798. The Morgan fingerprint density at radius 3 is 2.84 bits per heavy atom. The Morgan fingerprint density at radius 1 is 1.47 bits per heavy atom. The van der Waals surface area contributed by atoms with Crippen LogP contribution in [0.15, 0.2) is 35.2 Å². The molecule has 0 atom stereocenters. The molecular weight excluding hydrogens is 270 g/mol. The number of carbonyl (C=O) groups is 1. The van der Waals surface area contributed by atoms with E-state index in [1.807, 2.05) is 0 Å². The van der Waals surface area contributed by atoms with E-state index in [4.69, 9.17) is 9.84 Å². The van der Waals surface area contributed by atoms with Crippen LogP contribution in [0.2, 0.25) is 0 Å². The van der Waals surface area contributed by atoms with Gasteiger partial charge in [0.2, 0.25) is 10.0 Å². The average molecular weight is 285 g/mol. The van der Waals surface area contributed by atoms with E-state index < -0.39 is 16.0 Å². The molecule has 104 valence electrons. The Hall–Kier alpha value is -1.70. The Morgan fingerprint density at radius 2 is 2.21 bits per heavy atom. The van der Waals surface area contributed by atoms with E-state index in [1.54, 1.807) is 12.1 Å². The monoisotopic (exact) mass is 285 g/mol. The lowest BCUT2D eigenvalue weighted by Crippen LogP contribution is -2.27. The van der Waals surface area contributed by atoms with E-state index in [1.165, 1.54) is 25.3 Å². The molecule has 0 fully saturated rings. The topological polar surface area (TPSA) is 92.7 Å². The van der Waals surface area contributed by atoms with Gasteiger partial charge < -0.3 is 9.84 Å². The number of sulfonamides is 1. The van der Waals surface area contributed by atoms with E-state index in [0.29, 0.717) is 5.56 Å². The van der Waals surface area contributed by atoms with Crippen LogP contribution in [-0.4, -0.2) is 39.8 Å². The summed E-state index contributed by atoms with van der Waals surface area (Å²) >= 11 is 0. The third-order valence-electron chi connectivity index (χ3n) is 2.19. The molecule has 0 heterocycles. The fourth-order valence-electron chi connectivity index (χ4n) is 1.31.